The number of hydrogen-bond acceptors (Lipinski definition) is 5. The van der Waals surface area contributed by atoms with Crippen molar-refractivity contribution >= 4 is 5.82 Å². The first-order chi connectivity index (χ1) is 10.0. The van der Waals surface area contributed by atoms with Crippen LogP contribution in [0.1, 0.15) is 11.8 Å². The molecule has 1 aliphatic rings. The molecule has 1 saturated heterocycles. The van der Waals surface area contributed by atoms with Crippen molar-refractivity contribution in [2.24, 2.45) is 0 Å². The standard InChI is InChI=1S/C12H10F3N3O3/c13-2-1-6-4-18(12(20)17-10(6)16)11-7(3-14)9(15)8(5-19)21-11/h3-4,8-9,11,19H,5H2,(H2,16,17,20). The molecule has 112 valence electrons. The Morgan fingerprint density at radius 2 is 2.33 bits per heavy atom. The van der Waals surface area contributed by atoms with Crippen LogP contribution in [0.2, 0.25) is 0 Å². The summed E-state index contributed by atoms with van der Waals surface area (Å²) in [6.07, 6.45) is -2.68. The van der Waals surface area contributed by atoms with Gasteiger partial charge in [-0.3, -0.25) is 4.57 Å². The molecule has 1 aromatic heterocycles. The third-order valence-corrected chi connectivity index (χ3v) is 2.96. The van der Waals surface area contributed by atoms with E-state index in [2.05, 4.69) is 4.98 Å². The van der Waals surface area contributed by atoms with Crippen molar-refractivity contribution in [2.45, 2.75) is 18.5 Å². The van der Waals surface area contributed by atoms with Crippen LogP contribution in [0, 0.1) is 12.1 Å². The van der Waals surface area contributed by atoms with Gasteiger partial charge in [0.15, 0.2) is 12.4 Å². The van der Waals surface area contributed by atoms with Crippen LogP contribution in [0.5, 0.6) is 0 Å². The van der Waals surface area contributed by atoms with Crippen molar-refractivity contribution in [1.82, 2.24) is 9.55 Å². The van der Waals surface area contributed by atoms with E-state index < -0.39 is 36.4 Å². The molecule has 0 aliphatic carbocycles. The number of rotatable bonds is 2. The van der Waals surface area contributed by atoms with E-state index in [1.54, 1.807) is 0 Å². The predicted molar refractivity (Wildman–Crippen MR) is 66.0 cm³/mol. The van der Waals surface area contributed by atoms with Gasteiger partial charge in [0, 0.05) is 11.8 Å². The number of aliphatic hydroxyl groups excluding tert-OH is 1. The largest absolute Gasteiger partial charge is 0.394 e. The third-order valence-electron chi connectivity index (χ3n) is 2.96. The molecule has 1 fully saturated rings. The number of alkyl halides is 1. The highest BCUT2D eigenvalue weighted by Crippen LogP contribution is 2.35. The number of hydrogen-bond donors (Lipinski definition) is 2. The van der Waals surface area contributed by atoms with Crippen LogP contribution >= 0.6 is 0 Å². The summed E-state index contributed by atoms with van der Waals surface area (Å²) in [5.41, 5.74) is 3.80. The SMILES string of the molecule is Nc1nc(=O)n(C2OC(CO)C(F)C2=CF)cc1C#CF. The third kappa shape index (κ3) is 2.63. The van der Waals surface area contributed by atoms with Crippen molar-refractivity contribution < 1.29 is 23.0 Å². The molecular formula is C12H10F3N3O3. The Labute approximate surface area is 116 Å². The maximum Gasteiger partial charge on any atom is 0.351 e. The number of aliphatic hydroxyl groups is 1. The summed E-state index contributed by atoms with van der Waals surface area (Å²) in [5.74, 6) is 1.64. The first kappa shape index (κ1) is 15.1. The van der Waals surface area contributed by atoms with E-state index in [0.29, 0.717) is 0 Å². The van der Waals surface area contributed by atoms with Crippen LogP contribution in [-0.4, -0.2) is 33.5 Å². The summed E-state index contributed by atoms with van der Waals surface area (Å²) < 4.78 is 44.5. The Hall–Kier alpha value is -2.31. The van der Waals surface area contributed by atoms with Crippen LogP contribution in [0.3, 0.4) is 0 Å². The van der Waals surface area contributed by atoms with Gasteiger partial charge < -0.3 is 15.6 Å². The number of nitrogen functional groups attached to an aromatic ring is 1. The van der Waals surface area contributed by atoms with Gasteiger partial charge in [0.2, 0.25) is 0 Å². The lowest BCUT2D eigenvalue weighted by atomic mass is 10.1. The molecule has 2 rings (SSSR count). The Bertz CT molecular complexity index is 692. The van der Waals surface area contributed by atoms with E-state index in [-0.39, 0.29) is 17.7 Å². The van der Waals surface area contributed by atoms with Gasteiger partial charge in [-0.05, 0) is 5.92 Å². The average Bonchev–Trinajstić information content (AvgIpc) is 2.78. The van der Waals surface area contributed by atoms with Crippen LogP contribution in [0.15, 0.2) is 22.9 Å². The Balaban J connectivity index is 2.53. The lowest BCUT2D eigenvalue weighted by Gasteiger charge is -2.15. The molecule has 0 radical (unpaired) electrons. The van der Waals surface area contributed by atoms with E-state index in [9.17, 15) is 18.0 Å². The van der Waals surface area contributed by atoms with Gasteiger partial charge in [-0.25, -0.2) is 13.6 Å². The van der Waals surface area contributed by atoms with Gasteiger partial charge in [0.1, 0.15) is 18.1 Å². The van der Waals surface area contributed by atoms with Crippen LogP contribution in [-0.2, 0) is 4.74 Å². The summed E-state index contributed by atoms with van der Waals surface area (Å²) in [5, 5.41) is 8.96. The number of nitrogens with two attached hydrogens (primary N) is 1. The molecule has 0 saturated carbocycles. The fraction of sp³-hybridized carbons (Fsp3) is 0.333. The zero-order chi connectivity index (χ0) is 15.6. The minimum Gasteiger partial charge on any atom is -0.394 e. The molecule has 3 atom stereocenters. The number of aromatic nitrogens is 2. The Morgan fingerprint density at radius 3 is 2.90 bits per heavy atom. The molecule has 9 heteroatoms. The molecule has 0 bridgehead atoms. The van der Waals surface area contributed by atoms with Gasteiger partial charge >= 0.3 is 5.69 Å². The molecule has 21 heavy (non-hydrogen) atoms. The number of nitrogens with zero attached hydrogens (tertiary/aromatic N) is 2. The van der Waals surface area contributed by atoms with E-state index in [4.69, 9.17) is 15.6 Å². The molecule has 0 spiro atoms. The number of halogens is 3. The maximum atomic E-state index is 13.8. The van der Waals surface area contributed by atoms with Crippen molar-refractivity contribution in [3.8, 4) is 12.1 Å². The molecule has 2 heterocycles. The predicted octanol–water partition coefficient (Wildman–Crippen LogP) is 0.185. The van der Waals surface area contributed by atoms with Crippen LogP contribution in [0.25, 0.3) is 0 Å². The molecule has 6 nitrogen and oxygen atoms in total. The normalized spacial score (nSPS) is 26.7. The Morgan fingerprint density at radius 1 is 1.62 bits per heavy atom. The first-order valence-electron chi connectivity index (χ1n) is 5.74. The second-order valence-corrected chi connectivity index (χ2v) is 4.17. The quantitative estimate of drug-likeness (QED) is 0.761. The average molecular weight is 301 g/mol. The van der Waals surface area contributed by atoms with Crippen LogP contribution < -0.4 is 11.4 Å². The van der Waals surface area contributed by atoms with Gasteiger partial charge in [0.25, 0.3) is 0 Å². The molecular weight excluding hydrogens is 291 g/mol. The zero-order valence-electron chi connectivity index (χ0n) is 10.5. The molecule has 0 aromatic carbocycles. The minimum absolute atomic E-state index is 0.0473. The van der Waals surface area contributed by atoms with Crippen molar-refractivity contribution in [3.05, 3.63) is 34.1 Å². The van der Waals surface area contributed by atoms with Crippen molar-refractivity contribution in [1.29, 1.82) is 0 Å². The minimum atomic E-state index is -1.93. The highest BCUT2D eigenvalue weighted by atomic mass is 19.1. The van der Waals surface area contributed by atoms with Crippen LogP contribution in [0.4, 0.5) is 19.0 Å². The molecule has 0 amide bonds. The summed E-state index contributed by atoms with van der Waals surface area (Å²) in [4.78, 5) is 15.1. The molecule has 3 N–H and O–H groups in total. The van der Waals surface area contributed by atoms with E-state index >= 15 is 0 Å². The molecule has 3 unspecified atom stereocenters. The smallest absolute Gasteiger partial charge is 0.351 e. The summed E-state index contributed by atoms with van der Waals surface area (Å²) in [6, 6.07) is 0. The summed E-state index contributed by atoms with van der Waals surface area (Å²) >= 11 is 0. The number of anilines is 1. The summed E-state index contributed by atoms with van der Waals surface area (Å²) in [7, 11) is 0. The topological polar surface area (TPSA) is 90.4 Å². The van der Waals surface area contributed by atoms with Crippen molar-refractivity contribution in [3.63, 3.8) is 0 Å². The van der Waals surface area contributed by atoms with Gasteiger partial charge in [0.05, 0.1) is 18.5 Å². The molecule has 1 aromatic rings. The van der Waals surface area contributed by atoms with Gasteiger partial charge in [-0.15, -0.1) is 4.39 Å². The second-order valence-electron chi connectivity index (χ2n) is 4.17. The monoisotopic (exact) mass is 301 g/mol. The fourth-order valence-electron chi connectivity index (χ4n) is 1.94. The second kappa shape index (κ2) is 5.99. The van der Waals surface area contributed by atoms with E-state index in [0.717, 1.165) is 16.9 Å². The Kier molecular flexibility index (Phi) is 4.30. The van der Waals surface area contributed by atoms with Gasteiger partial charge in [-0.1, -0.05) is 0 Å². The zero-order valence-corrected chi connectivity index (χ0v) is 10.5. The van der Waals surface area contributed by atoms with Gasteiger partial charge in [-0.2, -0.15) is 4.98 Å². The first-order valence-corrected chi connectivity index (χ1v) is 5.74. The highest BCUT2D eigenvalue weighted by molar-refractivity contribution is 5.48. The molecule has 1 aliphatic heterocycles. The highest BCUT2D eigenvalue weighted by Gasteiger charge is 2.41. The lowest BCUT2D eigenvalue weighted by Crippen LogP contribution is -2.29. The van der Waals surface area contributed by atoms with E-state index in [1.165, 1.54) is 0 Å². The maximum absolute atomic E-state index is 13.8. The number of ether oxygens (including phenoxy) is 1. The fourth-order valence-corrected chi connectivity index (χ4v) is 1.94. The lowest BCUT2D eigenvalue weighted by molar-refractivity contribution is -0.0322. The summed E-state index contributed by atoms with van der Waals surface area (Å²) in [6.45, 7) is -0.705. The van der Waals surface area contributed by atoms with E-state index in [1.807, 2.05) is 5.92 Å². The van der Waals surface area contributed by atoms with Crippen molar-refractivity contribution in [2.75, 3.05) is 12.3 Å².